The lowest BCUT2D eigenvalue weighted by molar-refractivity contribution is 0.425. The zero-order valence-electron chi connectivity index (χ0n) is 18.3. The van der Waals surface area contributed by atoms with Crippen LogP contribution in [0.5, 0.6) is 0 Å². The summed E-state index contributed by atoms with van der Waals surface area (Å²) in [5.41, 5.74) is 5.31. The number of aryl methyl sites for hydroxylation is 2. The van der Waals surface area contributed by atoms with Crippen molar-refractivity contribution in [2.75, 3.05) is 10.0 Å². The summed E-state index contributed by atoms with van der Waals surface area (Å²) in [6, 6.07) is 16.4. The van der Waals surface area contributed by atoms with Crippen LogP contribution in [0.15, 0.2) is 71.6 Å². The molecule has 0 saturated carbocycles. The second-order valence-corrected chi connectivity index (χ2v) is 11.3. The van der Waals surface area contributed by atoms with Gasteiger partial charge in [-0.2, -0.15) is 0 Å². The standard InChI is InChI=1S/C26H24Cl2N2O2S/c1-15-9-11-23(16(2)13-15)30-33(31,32)17-10-12-24-20(14-17)18-5-3-6-19(18)26(29-24)25-21(27)7-4-8-22(25)28/h3-5,7-14,18-19,26,29-30H,6H2,1-2H3. The molecule has 0 fully saturated rings. The van der Waals surface area contributed by atoms with E-state index >= 15 is 0 Å². The van der Waals surface area contributed by atoms with Crippen LogP contribution < -0.4 is 10.0 Å². The van der Waals surface area contributed by atoms with E-state index in [2.05, 4.69) is 22.2 Å². The van der Waals surface area contributed by atoms with Crippen LogP contribution in [0.4, 0.5) is 11.4 Å². The minimum Gasteiger partial charge on any atom is -0.378 e. The molecule has 170 valence electrons. The van der Waals surface area contributed by atoms with Gasteiger partial charge in [0.15, 0.2) is 0 Å². The molecule has 0 aromatic heterocycles. The van der Waals surface area contributed by atoms with Crippen molar-refractivity contribution < 1.29 is 8.42 Å². The molecule has 4 nitrogen and oxygen atoms in total. The first-order valence-corrected chi connectivity index (χ1v) is 13.1. The monoisotopic (exact) mass is 498 g/mol. The van der Waals surface area contributed by atoms with E-state index in [1.165, 1.54) is 0 Å². The maximum absolute atomic E-state index is 13.2. The van der Waals surface area contributed by atoms with Gasteiger partial charge in [0.1, 0.15) is 0 Å². The topological polar surface area (TPSA) is 58.2 Å². The summed E-state index contributed by atoms with van der Waals surface area (Å²) in [6.45, 7) is 3.88. The Hall–Kier alpha value is -2.47. The van der Waals surface area contributed by atoms with Crippen molar-refractivity contribution in [2.45, 2.75) is 37.1 Å². The lowest BCUT2D eigenvalue weighted by Gasteiger charge is -2.38. The van der Waals surface area contributed by atoms with Crippen molar-refractivity contribution in [3.63, 3.8) is 0 Å². The molecule has 3 unspecified atom stereocenters. The summed E-state index contributed by atoms with van der Waals surface area (Å²) in [7, 11) is -3.73. The summed E-state index contributed by atoms with van der Waals surface area (Å²) in [4.78, 5) is 0.247. The predicted molar refractivity (Wildman–Crippen MR) is 136 cm³/mol. The van der Waals surface area contributed by atoms with E-state index in [1.807, 2.05) is 50.2 Å². The first kappa shape index (κ1) is 22.3. The molecule has 3 aromatic carbocycles. The molecule has 1 aliphatic heterocycles. The van der Waals surface area contributed by atoms with E-state index in [1.54, 1.807) is 18.2 Å². The van der Waals surface area contributed by atoms with Gasteiger partial charge < -0.3 is 5.32 Å². The van der Waals surface area contributed by atoms with E-state index in [4.69, 9.17) is 23.2 Å². The Balaban J connectivity index is 1.52. The number of hydrogen-bond acceptors (Lipinski definition) is 3. The highest BCUT2D eigenvalue weighted by Gasteiger charge is 2.40. The number of benzene rings is 3. The van der Waals surface area contributed by atoms with Crippen molar-refractivity contribution in [3.8, 4) is 0 Å². The Morgan fingerprint density at radius 3 is 2.48 bits per heavy atom. The first-order valence-electron chi connectivity index (χ1n) is 10.9. The molecule has 3 atom stereocenters. The number of halogens is 2. The molecule has 2 aliphatic rings. The molecule has 0 radical (unpaired) electrons. The molecule has 1 heterocycles. The lowest BCUT2D eigenvalue weighted by atomic mass is 9.77. The largest absolute Gasteiger partial charge is 0.378 e. The highest BCUT2D eigenvalue weighted by Crippen LogP contribution is 2.52. The van der Waals surface area contributed by atoms with Gasteiger partial charge in [-0.25, -0.2) is 8.42 Å². The number of anilines is 2. The van der Waals surface area contributed by atoms with Crippen LogP contribution in [-0.2, 0) is 10.0 Å². The number of sulfonamides is 1. The van der Waals surface area contributed by atoms with E-state index < -0.39 is 10.0 Å². The fourth-order valence-corrected chi connectivity index (χ4v) is 6.76. The molecular formula is C26H24Cl2N2O2S. The zero-order valence-corrected chi connectivity index (χ0v) is 20.6. The third kappa shape index (κ3) is 4.03. The van der Waals surface area contributed by atoms with Crippen molar-refractivity contribution in [3.05, 3.63) is 99.0 Å². The molecule has 0 amide bonds. The second kappa shape index (κ2) is 8.39. The Bertz CT molecular complexity index is 1360. The number of allylic oxidation sites excluding steroid dienone is 2. The minimum absolute atomic E-state index is 0.0607. The van der Waals surface area contributed by atoms with Gasteiger partial charge in [-0.3, -0.25) is 4.72 Å². The number of hydrogen-bond donors (Lipinski definition) is 2. The second-order valence-electron chi connectivity index (χ2n) is 8.78. The predicted octanol–water partition coefficient (Wildman–Crippen LogP) is 7.24. The van der Waals surface area contributed by atoms with Crippen LogP contribution in [0.1, 0.15) is 40.6 Å². The Morgan fingerprint density at radius 2 is 1.76 bits per heavy atom. The van der Waals surface area contributed by atoms with Crippen LogP contribution >= 0.6 is 23.2 Å². The average Bonchev–Trinajstić information content (AvgIpc) is 3.26. The normalized spacial score (nSPS) is 21.3. The van der Waals surface area contributed by atoms with E-state index in [-0.39, 0.29) is 22.8 Å². The first-order chi connectivity index (χ1) is 15.7. The molecule has 0 saturated heterocycles. The third-order valence-corrected chi connectivity index (χ3v) is 8.60. The van der Waals surface area contributed by atoms with Crippen molar-refractivity contribution >= 4 is 44.6 Å². The smallest absolute Gasteiger partial charge is 0.261 e. The van der Waals surface area contributed by atoms with Gasteiger partial charge in [-0.1, -0.05) is 59.1 Å². The lowest BCUT2D eigenvalue weighted by Crippen LogP contribution is -2.30. The average molecular weight is 499 g/mol. The molecule has 0 bridgehead atoms. The van der Waals surface area contributed by atoms with Gasteiger partial charge in [0.2, 0.25) is 0 Å². The molecule has 7 heteroatoms. The maximum Gasteiger partial charge on any atom is 0.261 e. The summed E-state index contributed by atoms with van der Waals surface area (Å²) >= 11 is 13.1. The maximum atomic E-state index is 13.2. The number of fused-ring (bicyclic) bond motifs is 3. The molecule has 2 N–H and O–H groups in total. The third-order valence-electron chi connectivity index (χ3n) is 6.58. The number of rotatable bonds is 4. The Morgan fingerprint density at radius 1 is 1.00 bits per heavy atom. The van der Waals surface area contributed by atoms with Crippen molar-refractivity contribution in [1.29, 1.82) is 0 Å². The molecule has 0 spiro atoms. The molecule has 5 rings (SSSR count). The number of nitrogens with one attached hydrogen (secondary N) is 2. The van der Waals surface area contributed by atoms with E-state index in [9.17, 15) is 8.42 Å². The van der Waals surface area contributed by atoms with Gasteiger partial charge in [0.05, 0.1) is 16.6 Å². The molecule has 1 aliphatic carbocycles. The van der Waals surface area contributed by atoms with Gasteiger partial charge in [0.25, 0.3) is 10.0 Å². The van der Waals surface area contributed by atoms with E-state index in [0.29, 0.717) is 15.7 Å². The quantitative estimate of drug-likeness (QED) is 0.372. The van der Waals surface area contributed by atoms with Crippen LogP contribution in [0.2, 0.25) is 10.0 Å². The van der Waals surface area contributed by atoms with Crippen LogP contribution in [0.25, 0.3) is 0 Å². The van der Waals surface area contributed by atoms with Crippen molar-refractivity contribution in [2.24, 2.45) is 5.92 Å². The fraction of sp³-hybridized carbons (Fsp3) is 0.231. The summed E-state index contributed by atoms with van der Waals surface area (Å²) in [5.74, 6) is 0.273. The summed E-state index contributed by atoms with van der Waals surface area (Å²) in [5, 5.41) is 4.85. The van der Waals surface area contributed by atoms with Crippen LogP contribution in [0.3, 0.4) is 0 Å². The molecule has 3 aromatic rings. The Labute approximate surface area is 204 Å². The van der Waals surface area contributed by atoms with Gasteiger partial charge in [0, 0.05) is 27.2 Å². The van der Waals surface area contributed by atoms with Gasteiger partial charge >= 0.3 is 0 Å². The Kier molecular flexibility index (Phi) is 5.68. The highest BCUT2D eigenvalue weighted by atomic mass is 35.5. The highest BCUT2D eigenvalue weighted by molar-refractivity contribution is 7.92. The van der Waals surface area contributed by atoms with Gasteiger partial charge in [-0.15, -0.1) is 0 Å². The SMILES string of the molecule is Cc1ccc(NS(=O)(=O)c2ccc3c(c2)C2C=CCC2C(c2c(Cl)cccc2Cl)N3)c(C)c1. The van der Waals surface area contributed by atoms with Crippen LogP contribution in [-0.4, -0.2) is 8.42 Å². The van der Waals surface area contributed by atoms with E-state index in [0.717, 1.165) is 34.4 Å². The fourth-order valence-electron chi connectivity index (χ4n) is 4.96. The summed E-state index contributed by atoms with van der Waals surface area (Å²) in [6.07, 6.45) is 5.18. The molecule has 33 heavy (non-hydrogen) atoms. The minimum atomic E-state index is -3.73. The molecular weight excluding hydrogens is 475 g/mol. The van der Waals surface area contributed by atoms with Crippen molar-refractivity contribution in [1.82, 2.24) is 0 Å². The summed E-state index contributed by atoms with van der Waals surface area (Å²) < 4.78 is 29.2. The van der Waals surface area contributed by atoms with Gasteiger partial charge in [-0.05, 0) is 73.7 Å². The zero-order chi connectivity index (χ0) is 23.3. The van der Waals surface area contributed by atoms with Crippen LogP contribution in [0, 0.1) is 19.8 Å².